The Morgan fingerprint density at radius 3 is 2.89 bits per heavy atom. The van der Waals surface area contributed by atoms with Crippen LogP contribution in [0.2, 0.25) is 5.02 Å². The summed E-state index contributed by atoms with van der Waals surface area (Å²) in [5, 5.41) is 10.6. The lowest BCUT2D eigenvalue weighted by Crippen LogP contribution is -2.24. The van der Waals surface area contributed by atoms with E-state index in [4.69, 9.17) is 28.6 Å². The van der Waals surface area contributed by atoms with E-state index in [0.29, 0.717) is 40.3 Å². The van der Waals surface area contributed by atoms with Crippen molar-refractivity contribution >= 4 is 29.7 Å². The van der Waals surface area contributed by atoms with E-state index in [0.717, 1.165) is 24.2 Å². The first-order valence-electron chi connectivity index (χ1n) is 9.01. The number of rotatable bonds is 7. The average molecular weight is 415 g/mol. The molecule has 1 amide bonds. The van der Waals surface area contributed by atoms with E-state index < -0.39 is 0 Å². The van der Waals surface area contributed by atoms with Gasteiger partial charge in [-0.05, 0) is 61.0 Å². The number of carbonyl (C=O) groups is 1. The highest BCUT2D eigenvalue weighted by Crippen LogP contribution is 2.35. The van der Waals surface area contributed by atoms with Crippen molar-refractivity contribution in [2.75, 3.05) is 0 Å². The first-order valence-corrected chi connectivity index (χ1v) is 9.80. The van der Waals surface area contributed by atoms with Crippen LogP contribution in [0.5, 0.6) is 5.75 Å². The second kappa shape index (κ2) is 8.16. The van der Waals surface area contributed by atoms with Crippen LogP contribution in [0.25, 0.3) is 0 Å². The molecule has 1 heterocycles. The average Bonchev–Trinajstić information content (AvgIpc) is 3.47. The molecule has 0 unspecified atom stereocenters. The predicted octanol–water partition coefficient (Wildman–Crippen LogP) is 4.44. The summed E-state index contributed by atoms with van der Waals surface area (Å²) in [6.45, 7) is 0.692. The van der Waals surface area contributed by atoms with Gasteiger partial charge in [-0.3, -0.25) is 14.5 Å². The fraction of sp³-hybridized carbons (Fsp3) is 0.250. The number of nitrogens with one attached hydrogen (secondary N) is 2. The van der Waals surface area contributed by atoms with Gasteiger partial charge >= 0.3 is 0 Å². The van der Waals surface area contributed by atoms with E-state index in [1.165, 1.54) is 0 Å². The smallest absolute Gasteiger partial charge is 0.251 e. The fourth-order valence-electron chi connectivity index (χ4n) is 2.95. The zero-order valence-electron chi connectivity index (χ0n) is 15.0. The van der Waals surface area contributed by atoms with Crippen LogP contribution in [-0.4, -0.2) is 20.7 Å². The number of carbonyl (C=O) groups excluding carboxylic acids is 1. The van der Waals surface area contributed by atoms with Crippen molar-refractivity contribution in [2.24, 2.45) is 0 Å². The monoisotopic (exact) mass is 414 g/mol. The zero-order chi connectivity index (χ0) is 19.5. The maximum absolute atomic E-state index is 12.5. The number of aromatic amines is 1. The number of halogens is 1. The fourth-order valence-corrected chi connectivity index (χ4v) is 3.47. The van der Waals surface area contributed by atoms with Gasteiger partial charge in [0.15, 0.2) is 10.6 Å². The van der Waals surface area contributed by atoms with Gasteiger partial charge in [0.05, 0.1) is 6.54 Å². The first-order chi connectivity index (χ1) is 13.6. The molecule has 6 nitrogen and oxygen atoms in total. The van der Waals surface area contributed by atoms with Crippen LogP contribution >= 0.6 is 23.8 Å². The van der Waals surface area contributed by atoms with Crippen LogP contribution in [-0.2, 0) is 13.2 Å². The molecule has 28 heavy (non-hydrogen) atoms. The Hall–Kier alpha value is -2.64. The molecule has 2 aromatic carbocycles. The summed E-state index contributed by atoms with van der Waals surface area (Å²) in [5.74, 6) is 1.17. The van der Waals surface area contributed by atoms with Gasteiger partial charge in [-0.1, -0.05) is 29.8 Å². The highest BCUT2D eigenvalue weighted by atomic mass is 35.5. The van der Waals surface area contributed by atoms with Gasteiger partial charge in [-0.2, -0.15) is 5.10 Å². The highest BCUT2D eigenvalue weighted by Gasteiger charge is 2.27. The Labute approximate surface area is 172 Å². The van der Waals surface area contributed by atoms with Crippen molar-refractivity contribution in [2.45, 2.75) is 32.0 Å². The summed E-state index contributed by atoms with van der Waals surface area (Å²) in [7, 11) is 0. The first kappa shape index (κ1) is 18.7. The van der Waals surface area contributed by atoms with Crippen molar-refractivity contribution in [3.05, 3.63) is 75.3 Å². The summed E-state index contributed by atoms with van der Waals surface area (Å²) >= 11 is 11.3. The molecule has 4 rings (SSSR count). The molecule has 1 aromatic heterocycles. The van der Waals surface area contributed by atoms with Crippen molar-refractivity contribution in [3.63, 3.8) is 0 Å². The molecule has 0 atom stereocenters. The molecule has 3 aromatic rings. The molecule has 144 valence electrons. The Morgan fingerprint density at radius 2 is 2.11 bits per heavy atom. The second-order valence-corrected chi connectivity index (χ2v) is 7.50. The SMILES string of the molecule is O=C(NCc1n[nH]c(=S)n1C1CC1)c1cccc(OCc2cccc(Cl)c2)c1. The molecular weight excluding hydrogens is 396 g/mol. The summed E-state index contributed by atoms with van der Waals surface area (Å²) < 4.78 is 8.38. The summed E-state index contributed by atoms with van der Waals surface area (Å²) in [5.41, 5.74) is 1.49. The van der Waals surface area contributed by atoms with Gasteiger partial charge in [0.2, 0.25) is 0 Å². The van der Waals surface area contributed by atoms with E-state index in [1.54, 1.807) is 18.2 Å². The van der Waals surface area contributed by atoms with Gasteiger partial charge in [-0.25, -0.2) is 0 Å². The van der Waals surface area contributed by atoms with E-state index in [9.17, 15) is 4.79 Å². The van der Waals surface area contributed by atoms with Gasteiger partial charge < -0.3 is 10.1 Å². The Kier molecular flexibility index (Phi) is 5.45. The lowest BCUT2D eigenvalue weighted by atomic mass is 10.2. The largest absolute Gasteiger partial charge is 0.489 e. The second-order valence-electron chi connectivity index (χ2n) is 6.68. The summed E-state index contributed by atoms with van der Waals surface area (Å²) in [6.07, 6.45) is 2.20. The molecule has 1 aliphatic carbocycles. The summed E-state index contributed by atoms with van der Waals surface area (Å²) in [4.78, 5) is 12.5. The van der Waals surface area contributed by atoms with Gasteiger partial charge in [0.25, 0.3) is 5.91 Å². The van der Waals surface area contributed by atoms with Crippen LogP contribution in [0, 0.1) is 4.77 Å². The molecule has 0 spiro atoms. The number of nitrogens with zero attached hydrogens (tertiary/aromatic N) is 2. The van der Waals surface area contributed by atoms with Crippen LogP contribution < -0.4 is 10.1 Å². The quantitative estimate of drug-likeness (QED) is 0.561. The topological polar surface area (TPSA) is 71.9 Å². The molecule has 0 radical (unpaired) electrons. The minimum atomic E-state index is -0.190. The van der Waals surface area contributed by atoms with E-state index in [-0.39, 0.29) is 5.91 Å². The van der Waals surface area contributed by atoms with Crippen LogP contribution in [0.1, 0.15) is 40.6 Å². The molecule has 0 saturated heterocycles. The third-order valence-electron chi connectivity index (χ3n) is 4.49. The molecule has 0 aliphatic heterocycles. The number of aromatic nitrogens is 3. The molecule has 1 saturated carbocycles. The van der Waals surface area contributed by atoms with Crippen molar-refractivity contribution in [3.8, 4) is 5.75 Å². The Bertz CT molecular complexity index is 1060. The normalized spacial score (nSPS) is 13.3. The minimum absolute atomic E-state index is 0.190. The van der Waals surface area contributed by atoms with Crippen LogP contribution in [0.4, 0.5) is 0 Å². The third-order valence-corrected chi connectivity index (χ3v) is 5.01. The molecule has 8 heteroatoms. The maximum Gasteiger partial charge on any atom is 0.251 e. The molecule has 1 aliphatic rings. The zero-order valence-corrected chi connectivity index (χ0v) is 16.6. The summed E-state index contributed by atoms with van der Waals surface area (Å²) in [6, 6.07) is 15.0. The van der Waals surface area contributed by atoms with E-state index in [1.807, 2.05) is 34.9 Å². The number of benzene rings is 2. The highest BCUT2D eigenvalue weighted by molar-refractivity contribution is 7.71. The van der Waals surface area contributed by atoms with Crippen molar-refractivity contribution in [1.82, 2.24) is 20.1 Å². The Balaban J connectivity index is 1.38. The molecule has 0 bridgehead atoms. The Morgan fingerprint density at radius 1 is 1.29 bits per heavy atom. The van der Waals surface area contributed by atoms with E-state index in [2.05, 4.69) is 15.5 Å². The lowest BCUT2D eigenvalue weighted by molar-refractivity contribution is 0.0949. The molecule has 1 fully saturated rings. The minimum Gasteiger partial charge on any atom is -0.489 e. The number of H-pyrrole nitrogens is 1. The van der Waals surface area contributed by atoms with Crippen LogP contribution in [0.15, 0.2) is 48.5 Å². The predicted molar refractivity (Wildman–Crippen MR) is 109 cm³/mol. The number of ether oxygens (including phenoxy) is 1. The van der Waals surface area contributed by atoms with E-state index >= 15 is 0 Å². The number of hydrogen-bond donors (Lipinski definition) is 2. The lowest BCUT2D eigenvalue weighted by Gasteiger charge is -2.10. The molecule has 2 N–H and O–H groups in total. The molecular formula is C20H19ClN4O2S. The maximum atomic E-state index is 12.5. The van der Waals surface area contributed by atoms with Gasteiger partial charge in [0, 0.05) is 16.6 Å². The third kappa shape index (κ3) is 4.43. The van der Waals surface area contributed by atoms with Crippen molar-refractivity contribution < 1.29 is 9.53 Å². The number of amides is 1. The van der Waals surface area contributed by atoms with Crippen molar-refractivity contribution in [1.29, 1.82) is 0 Å². The van der Waals surface area contributed by atoms with Gasteiger partial charge in [0.1, 0.15) is 12.4 Å². The van der Waals surface area contributed by atoms with Gasteiger partial charge in [-0.15, -0.1) is 0 Å². The number of hydrogen-bond acceptors (Lipinski definition) is 4. The standard InChI is InChI=1S/C20H19ClN4O2S/c21-15-5-1-3-13(9-15)12-27-17-6-2-4-14(10-17)19(26)22-11-18-23-24-20(28)25(18)16-7-8-16/h1-6,9-10,16H,7-8,11-12H2,(H,22,26)(H,24,28). The van der Waals surface area contributed by atoms with Crippen LogP contribution in [0.3, 0.4) is 0 Å².